The van der Waals surface area contributed by atoms with Crippen molar-refractivity contribution in [3.8, 4) is 0 Å². The monoisotopic (exact) mass is 278 g/mol. The maximum absolute atomic E-state index is 9.69. The van der Waals surface area contributed by atoms with Gasteiger partial charge in [-0.3, -0.25) is 0 Å². The molecule has 0 spiro atoms. The van der Waals surface area contributed by atoms with Crippen molar-refractivity contribution >= 4 is 11.6 Å². The molecule has 0 aliphatic carbocycles. The van der Waals surface area contributed by atoms with E-state index >= 15 is 0 Å². The summed E-state index contributed by atoms with van der Waals surface area (Å²) in [5.74, 6) is 2.74. The average Bonchev–Trinajstić information content (AvgIpc) is 2.72. The average molecular weight is 278 g/mol. The molecule has 0 aromatic carbocycles. The Labute approximate surface area is 121 Å². The van der Waals surface area contributed by atoms with Gasteiger partial charge in [0.25, 0.3) is 0 Å². The summed E-state index contributed by atoms with van der Waals surface area (Å²) in [5, 5.41) is 12.8. The van der Waals surface area contributed by atoms with Crippen LogP contribution in [0.4, 0.5) is 11.6 Å². The lowest BCUT2D eigenvalue weighted by Gasteiger charge is -2.31. The first-order valence-electron chi connectivity index (χ1n) is 7.64. The van der Waals surface area contributed by atoms with Crippen LogP contribution in [-0.4, -0.2) is 41.3 Å². The third-order valence-corrected chi connectivity index (χ3v) is 4.08. The maximum Gasteiger partial charge on any atom is 0.137 e. The zero-order valence-electron chi connectivity index (χ0n) is 12.8. The van der Waals surface area contributed by atoms with E-state index in [0.29, 0.717) is 0 Å². The van der Waals surface area contributed by atoms with Gasteiger partial charge < -0.3 is 15.3 Å². The number of rotatable bonds is 4. The molecule has 20 heavy (non-hydrogen) atoms. The third-order valence-electron chi connectivity index (χ3n) is 4.08. The van der Waals surface area contributed by atoms with Crippen molar-refractivity contribution in [2.24, 2.45) is 0 Å². The highest BCUT2D eigenvalue weighted by Crippen LogP contribution is 2.28. The molecule has 1 aromatic rings. The zero-order chi connectivity index (χ0) is 14.5. The molecule has 1 aliphatic heterocycles. The second-order valence-corrected chi connectivity index (χ2v) is 5.42. The standard InChI is InChI=1S/C15H26N4O/c1-4-13-17-14(16-3)11(2)15(18-13)19-9-7-5-6-8-12(19)10-20/h12,20H,4-10H2,1-3H3,(H,16,17,18). The molecule has 0 saturated carbocycles. The Morgan fingerprint density at radius 2 is 2.10 bits per heavy atom. The van der Waals surface area contributed by atoms with E-state index in [0.717, 1.165) is 48.8 Å². The Hall–Kier alpha value is -1.36. The molecule has 1 aromatic heterocycles. The lowest BCUT2D eigenvalue weighted by Crippen LogP contribution is -2.39. The Morgan fingerprint density at radius 1 is 1.30 bits per heavy atom. The molecule has 1 unspecified atom stereocenters. The van der Waals surface area contributed by atoms with E-state index in [2.05, 4.69) is 29.0 Å². The molecule has 1 saturated heterocycles. The highest BCUT2D eigenvalue weighted by molar-refractivity contribution is 5.59. The van der Waals surface area contributed by atoms with Crippen LogP contribution in [0.2, 0.25) is 0 Å². The Bertz CT molecular complexity index is 450. The van der Waals surface area contributed by atoms with E-state index in [9.17, 15) is 5.11 Å². The summed E-state index contributed by atoms with van der Waals surface area (Å²) >= 11 is 0. The molecule has 112 valence electrons. The number of nitrogens with zero attached hydrogens (tertiary/aromatic N) is 3. The topological polar surface area (TPSA) is 61.3 Å². The minimum absolute atomic E-state index is 0.181. The maximum atomic E-state index is 9.69. The SMILES string of the molecule is CCc1nc(NC)c(C)c(N2CCCCCC2CO)n1. The molecule has 1 aliphatic rings. The van der Waals surface area contributed by atoms with Gasteiger partial charge in [-0.25, -0.2) is 9.97 Å². The zero-order valence-corrected chi connectivity index (χ0v) is 12.8. The van der Waals surface area contributed by atoms with E-state index in [1.165, 1.54) is 12.8 Å². The fourth-order valence-corrected chi connectivity index (χ4v) is 2.88. The largest absolute Gasteiger partial charge is 0.394 e. The van der Waals surface area contributed by atoms with Gasteiger partial charge in [0.15, 0.2) is 0 Å². The fraction of sp³-hybridized carbons (Fsp3) is 0.733. The van der Waals surface area contributed by atoms with Crippen molar-refractivity contribution < 1.29 is 5.11 Å². The minimum atomic E-state index is 0.181. The molecule has 5 heteroatoms. The summed E-state index contributed by atoms with van der Waals surface area (Å²) < 4.78 is 0. The Kier molecular flexibility index (Phi) is 5.17. The first-order chi connectivity index (χ1) is 9.71. The number of nitrogens with one attached hydrogen (secondary N) is 1. The summed E-state index contributed by atoms with van der Waals surface area (Å²) in [7, 11) is 1.89. The molecular formula is C15H26N4O. The van der Waals surface area contributed by atoms with Gasteiger partial charge in [-0.05, 0) is 19.8 Å². The molecule has 0 amide bonds. The summed E-state index contributed by atoms with van der Waals surface area (Å²) in [6.07, 6.45) is 5.44. The van der Waals surface area contributed by atoms with Crippen LogP contribution in [0.15, 0.2) is 0 Å². The van der Waals surface area contributed by atoms with Crippen molar-refractivity contribution in [2.75, 3.05) is 30.4 Å². The fourth-order valence-electron chi connectivity index (χ4n) is 2.88. The summed E-state index contributed by atoms with van der Waals surface area (Å²) in [6.45, 7) is 5.29. The van der Waals surface area contributed by atoms with Crippen LogP contribution in [0.25, 0.3) is 0 Å². The number of anilines is 2. The minimum Gasteiger partial charge on any atom is -0.394 e. The molecule has 2 rings (SSSR count). The van der Waals surface area contributed by atoms with Crippen molar-refractivity contribution in [2.45, 2.75) is 52.0 Å². The van der Waals surface area contributed by atoms with Gasteiger partial charge in [0.1, 0.15) is 17.5 Å². The van der Waals surface area contributed by atoms with Crippen molar-refractivity contribution in [1.29, 1.82) is 0 Å². The first kappa shape index (κ1) is 15.0. The van der Waals surface area contributed by atoms with Gasteiger partial charge in [-0.1, -0.05) is 19.8 Å². The smallest absolute Gasteiger partial charge is 0.137 e. The summed E-state index contributed by atoms with van der Waals surface area (Å²) in [6, 6.07) is 0.181. The molecule has 5 nitrogen and oxygen atoms in total. The van der Waals surface area contributed by atoms with Crippen LogP contribution in [0.5, 0.6) is 0 Å². The van der Waals surface area contributed by atoms with Gasteiger partial charge in [0.2, 0.25) is 0 Å². The number of aromatic nitrogens is 2. The number of hydrogen-bond acceptors (Lipinski definition) is 5. The van der Waals surface area contributed by atoms with Crippen LogP contribution >= 0.6 is 0 Å². The predicted octanol–water partition coefficient (Wildman–Crippen LogP) is 2.13. The third kappa shape index (κ3) is 3.03. The van der Waals surface area contributed by atoms with Gasteiger partial charge in [0, 0.05) is 25.6 Å². The molecule has 0 radical (unpaired) electrons. The number of hydrogen-bond donors (Lipinski definition) is 2. The van der Waals surface area contributed by atoms with Crippen LogP contribution in [0, 0.1) is 6.92 Å². The highest BCUT2D eigenvalue weighted by atomic mass is 16.3. The van der Waals surface area contributed by atoms with Gasteiger partial charge in [-0.15, -0.1) is 0 Å². The molecule has 1 fully saturated rings. The summed E-state index contributed by atoms with van der Waals surface area (Å²) in [5.41, 5.74) is 1.07. The van der Waals surface area contributed by atoms with Crippen molar-refractivity contribution in [3.63, 3.8) is 0 Å². The number of aryl methyl sites for hydroxylation is 1. The molecular weight excluding hydrogens is 252 g/mol. The lowest BCUT2D eigenvalue weighted by atomic mass is 10.1. The highest BCUT2D eigenvalue weighted by Gasteiger charge is 2.24. The number of aliphatic hydroxyl groups is 1. The van der Waals surface area contributed by atoms with Crippen LogP contribution in [0.3, 0.4) is 0 Å². The van der Waals surface area contributed by atoms with Gasteiger partial charge >= 0.3 is 0 Å². The van der Waals surface area contributed by atoms with E-state index in [-0.39, 0.29) is 12.6 Å². The Morgan fingerprint density at radius 3 is 2.75 bits per heavy atom. The van der Waals surface area contributed by atoms with Crippen LogP contribution in [-0.2, 0) is 6.42 Å². The van der Waals surface area contributed by atoms with Crippen LogP contribution in [0.1, 0.15) is 44.0 Å². The Balaban J connectivity index is 2.42. The first-order valence-corrected chi connectivity index (χ1v) is 7.64. The van der Waals surface area contributed by atoms with E-state index in [1.807, 2.05) is 7.05 Å². The second-order valence-electron chi connectivity index (χ2n) is 5.42. The van der Waals surface area contributed by atoms with Gasteiger partial charge in [-0.2, -0.15) is 0 Å². The molecule has 2 N–H and O–H groups in total. The quantitative estimate of drug-likeness (QED) is 0.883. The van der Waals surface area contributed by atoms with Crippen molar-refractivity contribution in [1.82, 2.24) is 9.97 Å². The molecule has 0 bridgehead atoms. The van der Waals surface area contributed by atoms with E-state index < -0.39 is 0 Å². The van der Waals surface area contributed by atoms with E-state index in [1.54, 1.807) is 0 Å². The normalized spacial score (nSPS) is 19.8. The van der Waals surface area contributed by atoms with Crippen molar-refractivity contribution in [3.05, 3.63) is 11.4 Å². The van der Waals surface area contributed by atoms with Gasteiger partial charge in [0.05, 0.1) is 12.6 Å². The molecule has 1 atom stereocenters. The summed E-state index contributed by atoms with van der Waals surface area (Å²) in [4.78, 5) is 11.5. The lowest BCUT2D eigenvalue weighted by molar-refractivity contribution is 0.254. The predicted molar refractivity (Wildman–Crippen MR) is 82.4 cm³/mol. The van der Waals surface area contributed by atoms with E-state index in [4.69, 9.17) is 4.98 Å². The second kappa shape index (κ2) is 6.88. The number of aliphatic hydroxyl groups excluding tert-OH is 1. The molecule has 2 heterocycles. The van der Waals surface area contributed by atoms with Crippen LogP contribution < -0.4 is 10.2 Å².